The third-order valence-electron chi connectivity index (χ3n) is 2.99. The first-order valence-electron chi connectivity index (χ1n) is 6.06. The number of aromatic nitrogens is 2. The van der Waals surface area contributed by atoms with Crippen molar-refractivity contribution in [1.82, 2.24) is 9.97 Å². The van der Waals surface area contributed by atoms with Crippen LogP contribution in [0.25, 0.3) is 0 Å². The van der Waals surface area contributed by atoms with E-state index in [0.29, 0.717) is 0 Å². The van der Waals surface area contributed by atoms with Crippen LogP contribution in [0.15, 0.2) is 35.1 Å². The zero-order valence-electron chi connectivity index (χ0n) is 11.3. The number of halogens is 1. The molecule has 2 aromatic rings. The third kappa shape index (κ3) is 3.23. The Bertz CT molecular complexity index is 554. The van der Waals surface area contributed by atoms with E-state index in [1.807, 2.05) is 21.0 Å². The Labute approximate surface area is 122 Å². The van der Waals surface area contributed by atoms with Crippen molar-refractivity contribution in [3.05, 3.63) is 46.2 Å². The van der Waals surface area contributed by atoms with Crippen molar-refractivity contribution in [2.45, 2.75) is 13.5 Å². The zero-order valence-corrected chi connectivity index (χ0v) is 12.9. The Morgan fingerprint density at radius 1 is 1.21 bits per heavy atom. The minimum absolute atomic E-state index is 0.814. The molecule has 0 amide bonds. The third-order valence-corrected chi connectivity index (χ3v) is 3.52. The van der Waals surface area contributed by atoms with Gasteiger partial charge in [-0.1, -0.05) is 28.1 Å². The second-order valence-electron chi connectivity index (χ2n) is 4.40. The number of hydrogen-bond donors (Lipinski definition) is 1. The molecule has 5 heteroatoms. The minimum Gasteiger partial charge on any atom is -0.373 e. The topological polar surface area (TPSA) is 41.1 Å². The van der Waals surface area contributed by atoms with Crippen LogP contribution in [0.5, 0.6) is 0 Å². The van der Waals surface area contributed by atoms with Crippen LogP contribution in [-0.4, -0.2) is 24.1 Å². The Morgan fingerprint density at radius 2 is 1.89 bits per heavy atom. The summed E-state index contributed by atoms with van der Waals surface area (Å²) in [6.45, 7) is 2.84. The molecule has 0 saturated heterocycles. The summed E-state index contributed by atoms with van der Waals surface area (Å²) in [4.78, 5) is 10.7. The maximum atomic E-state index is 4.37. The molecule has 0 unspecified atom stereocenters. The number of hydrogen-bond acceptors (Lipinski definition) is 4. The van der Waals surface area contributed by atoms with E-state index in [1.165, 1.54) is 5.56 Å². The second kappa shape index (κ2) is 6.02. The standard InChI is InChI=1S/C14H17BrN4/c1-10-13(16-2)17-9-18-14(10)19(3)8-11-4-6-12(15)7-5-11/h4-7,9H,8H2,1-3H3,(H,16,17,18). The van der Waals surface area contributed by atoms with E-state index in [-0.39, 0.29) is 0 Å². The Hall–Kier alpha value is -1.62. The van der Waals surface area contributed by atoms with Crippen LogP contribution in [0, 0.1) is 6.92 Å². The van der Waals surface area contributed by atoms with E-state index in [4.69, 9.17) is 0 Å². The fourth-order valence-electron chi connectivity index (χ4n) is 2.02. The fraction of sp³-hybridized carbons (Fsp3) is 0.286. The molecule has 0 aliphatic carbocycles. The van der Waals surface area contributed by atoms with Gasteiger partial charge >= 0.3 is 0 Å². The van der Waals surface area contributed by atoms with Crippen LogP contribution in [-0.2, 0) is 6.54 Å². The SMILES string of the molecule is CNc1ncnc(N(C)Cc2ccc(Br)cc2)c1C. The summed E-state index contributed by atoms with van der Waals surface area (Å²) < 4.78 is 1.09. The van der Waals surface area contributed by atoms with Gasteiger partial charge in [-0.05, 0) is 24.6 Å². The average molecular weight is 321 g/mol. The summed E-state index contributed by atoms with van der Waals surface area (Å²) >= 11 is 3.44. The Morgan fingerprint density at radius 3 is 2.53 bits per heavy atom. The van der Waals surface area contributed by atoms with Crippen LogP contribution in [0.4, 0.5) is 11.6 Å². The molecule has 0 bridgehead atoms. The first-order valence-corrected chi connectivity index (χ1v) is 6.86. The highest BCUT2D eigenvalue weighted by Crippen LogP contribution is 2.22. The highest BCUT2D eigenvalue weighted by molar-refractivity contribution is 9.10. The molecular weight excluding hydrogens is 304 g/mol. The van der Waals surface area contributed by atoms with E-state index < -0.39 is 0 Å². The quantitative estimate of drug-likeness (QED) is 0.939. The molecule has 0 saturated carbocycles. The molecule has 0 spiro atoms. The van der Waals surface area contributed by atoms with Gasteiger partial charge in [-0.15, -0.1) is 0 Å². The molecule has 1 N–H and O–H groups in total. The van der Waals surface area contributed by atoms with Crippen molar-refractivity contribution >= 4 is 27.6 Å². The van der Waals surface area contributed by atoms with Gasteiger partial charge in [0.15, 0.2) is 0 Å². The lowest BCUT2D eigenvalue weighted by Crippen LogP contribution is -2.19. The normalized spacial score (nSPS) is 10.3. The van der Waals surface area contributed by atoms with Crippen molar-refractivity contribution in [1.29, 1.82) is 0 Å². The van der Waals surface area contributed by atoms with E-state index in [2.05, 4.69) is 60.4 Å². The molecule has 1 aromatic heterocycles. The van der Waals surface area contributed by atoms with E-state index in [9.17, 15) is 0 Å². The van der Waals surface area contributed by atoms with E-state index in [0.717, 1.165) is 28.2 Å². The molecule has 19 heavy (non-hydrogen) atoms. The van der Waals surface area contributed by atoms with Crippen LogP contribution in [0.1, 0.15) is 11.1 Å². The smallest absolute Gasteiger partial charge is 0.137 e. The summed E-state index contributed by atoms with van der Waals surface area (Å²) in [5.74, 6) is 1.81. The van der Waals surface area contributed by atoms with Gasteiger partial charge in [0.25, 0.3) is 0 Å². The number of nitrogens with one attached hydrogen (secondary N) is 1. The van der Waals surface area contributed by atoms with Crippen molar-refractivity contribution in [2.24, 2.45) is 0 Å². The van der Waals surface area contributed by atoms with Gasteiger partial charge in [-0.25, -0.2) is 9.97 Å². The average Bonchev–Trinajstić information content (AvgIpc) is 2.41. The summed E-state index contributed by atoms with van der Waals surface area (Å²) in [5, 5.41) is 3.08. The van der Waals surface area contributed by atoms with Gasteiger partial charge in [0.2, 0.25) is 0 Å². The summed E-state index contributed by atoms with van der Waals surface area (Å²) in [5.41, 5.74) is 2.30. The maximum Gasteiger partial charge on any atom is 0.137 e. The summed E-state index contributed by atoms with van der Waals surface area (Å²) in [6.07, 6.45) is 1.59. The number of nitrogens with zero attached hydrogens (tertiary/aromatic N) is 3. The van der Waals surface area contributed by atoms with Crippen LogP contribution in [0.2, 0.25) is 0 Å². The zero-order chi connectivity index (χ0) is 13.8. The molecule has 0 radical (unpaired) electrons. The van der Waals surface area contributed by atoms with Crippen molar-refractivity contribution in [3.63, 3.8) is 0 Å². The van der Waals surface area contributed by atoms with E-state index >= 15 is 0 Å². The Balaban J connectivity index is 2.20. The lowest BCUT2D eigenvalue weighted by atomic mass is 10.2. The van der Waals surface area contributed by atoms with Crippen molar-refractivity contribution in [3.8, 4) is 0 Å². The molecule has 2 rings (SSSR count). The molecule has 0 fully saturated rings. The monoisotopic (exact) mass is 320 g/mol. The van der Waals surface area contributed by atoms with Gasteiger partial charge in [0.1, 0.15) is 18.0 Å². The van der Waals surface area contributed by atoms with Gasteiger partial charge in [-0.2, -0.15) is 0 Å². The van der Waals surface area contributed by atoms with E-state index in [1.54, 1.807) is 6.33 Å². The first kappa shape index (κ1) is 13.8. The minimum atomic E-state index is 0.814. The molecule has 1 aromatic carbocycles. The number of benzene rings is 1. The molecular formula is C14H17BrN4. The molecule has 0 aliphatic heterocycles. The van der Waals surface area contributed by atoms with Crippen molar-refractivity contribution < 1.29 is 0 Å². The lowest BCUT2D eigenvalue weighted by molar-refractivity contribution is 0.882. The summed E-state index contributed by atoms with van der Waals surface area (Å²) in [6, 6.07) is 8.32. The van der Waals surface area contributed by atoms with Gasteiger partial charge in [-0.3, -0.25) is 0 Å². The number of anilines is 2. The fourth-order valence-corrected chi connectivity index (χ4v) is 2.28. The number of rotatable bonds is 4. The second-order valence-corrected chi connectivity index (χ2v) is 5.32. The predicted molar refractivity (Wildman–Crippen MR) is 82.6 cm³/mol. The summed E-state index contributed by atoms with van der Waals surface area (Å²) in [7, 11) is 3.91. The molecule has 4 nitrogen and oxygen atoms in total. The van der Waals surface area contributed by atoms with Gasteiger partial charge < -0.3 is 10.2 Å². The molecule has 1 heterocycles. The van der Waals surface area contributed by atoms with Crippen LogP contribution >= 0.6 is 15.9 Å². The highest BCUT2D eigenvalue weighted by Gasteiger charge is 2.10. The first-order chi connectivity index (χ1) is 9.11. The predicted octanol–water partition coefficient (Wildman–Crippen LogP) is 3.23. The van der Waals surface area contributed by atoms with Crippen LogP contribution < -0.4 is 10.2 Å². The molecule has 0 atom stereocenters. The van der Waals surface area contributed by atoms with Crippen molar-refractivity contribution in [2.75, 3.05) is 24.3 Å². The highest BCUT2D eigenvalue weighted by atomic mass is 79.9. The largest absolute Gasteiger partial charge is 0.373 e. The van der Waals surface area contributed by atoms with Crippen LogP contribution in [0.3, 0.4) is 0 Å². The molecule has 100 valence electrons. The maximum absolute atomic E-state index is 4.37. The molecule has 0 aliphatic rings. The van der Waals surface area contributed by atoms with Gasteiger partial charge in [0.05, 0.1) is 0 Å². The lowest BCUT2D eigenvalue weighted by Gasteiger charge is -2.21. The van der Waals surface area contributed by atoms with Gasteiger partial charge in [0, 0.05) is 30.7 Å². The Kier molecular flexibility index (Phi) is 4.37.